The Morgan fingerprint density at radius 1 is 1.26 bits per heavy atom. The second-order valence-electron chi connectivity index (χ2n) is 5.04. The third kappa shape index (κ3) is 4.91. The molecule has 2 rings (SSSR count). The normalized spacial score (nSPS) is 11.0. The van der Waals surface area contributed by atoms with Gasteiger partial charge >= 0.3 is 5.97 Å². The van der Waals surface area contributed by atoms with E-state index in [1.807, 2.05) is 32.0 Å². The number of carboxylic acid groups (broad SMARTS) is 1. The summed E-state index contributed by atoms with van der Waals surface area (Å²) < 4.78 is 6.87. The molecule has 120 valence electrons. The van der Waals surface area contributed by atoms with Gasteiger partial charge in [-0.2, -0.15) is 0 Å². The summed E-state index contributed by atoms with van der Waals surface area (Å²) in [6.07, 6.45) is 1.67. The Morgan fingerprint density at radius 3 is 2.65 bits per heavy atom. The van der Waals surface area contributed by atoms with E-state index >= 15 is 0 Å². The molecule has 4 nitrogen and oxygen atoms in total. The lowest BCUT2D eigenvalue weighted by atomic mass is 10.1. The van der Waals surface area contributed by atoms with Gasteiger partial charge in [-0.1, -0.05) is 33.6 Å². The average Bonchev–Trinajstić information content (AvgIpc) is 2.44. The van der Waals surface area contributed by atoms with Crippen LogP contribution < -0.4 is 4.74 Å². The first-order valence-electron chi connectivity index (χ1n) is 6.82. The van der Waals surface area contributed by atoms with Crippen LogP contribution in [0.25, 0.3) is 0 Å². The molecule has 1 N–H and O–H groups in total. The minimum atomic E-state index is -1.03. The number of nitrogens with zero attached hydrogens (tertiary/aromatic N) is 1. The van der Waals surface area contributed by atoms with Gasteiger partial charge < -0.3 is 9.84 Å². The second kappa shape index (κ2) is 7.75. The SMILES string of the molecule is Cc1ccc(N=Cc2cc(Br)cc(Br)c2OCC(=O)O)c(C)c1. The quantitative estimate of drug-likeness (QED) is 0.662. The monoisotopic (exact) mass is 439 g/mol. The largest absolute Gasteiger partial charge is 0.480 e. The van der Waals surface area contributed by atoms with E-state index in [-0.39, 0.29) is 0 Å². The maximum atomic E-state index is 10.7. The van der Waals surface area contributed by atoms with Crippen LogP contribution in [0.1, 0.15) is 16.7 Å². The first kappa shape index (κ1) is 17.7. The zero-order valence-electron chi connectivity index (χ0n) is 12.6. The number of hydrogen-bond donors (Lipinski definition) is 1. The summed E-state index contributed by atoms with van der Waals surface area (Å²) in [6.45, 7) is 3.62. The Bertz CT molecular complexity index is 773. The highest BCUT2D eigenvalue weighted by molar-refractivity contribution is 9.11. The predicted molar refractivity (Wildman–Crippen MR) is 98.1 cm³/mol. The minimum Gasteiger partial charge on any atom is -0.480 e. The highest BCUT2D eigenvalue weighted by atomic mass is 79.9. The van der Waals surface area contributed by atoms with Crippen molar-refractivity contribution in [3.8, 4) is 5.75 Å². The van der Waals surface area contributed by atoms with Crippen LogP contribution in [0.3, 0.4) is 0 Å². The van der Waals surface area contributed by atoms with Gasteiger partial charge in [-0.25, -0.2) is 4.79 Å². The smallest absolute Gasteiger partial charge is 0.341 e. The van der Waals surface area contributed by atoms with Gasteiger partial charge in [-0.15, -0.1) is 0 Å². The van der Waals surface area contributed by atoms with Crippen LogP contribution in [0.4, 0.5) is 5.69 Å². The lowest BCUT2D eigenvalue weighted by molar-refractivity contribution is -0.139. The van der Waals surface area contributed by atoms with Gasteiger partial charge in [0.25, 0.3) is 0 Å². The van der Waals surface area contributed by atoms with Gasteiger partial charge in [-0.3, -0.25) is 4.99 Å². The van der Waals surface area contributed by atoms with Gasteiger partial charge in [0, 0.05) is 16.3 Å². The lowest BCUT2D eigenvalue weighted by Crippen LogP contribution is -2.11. The van der Waals surface area contributed by atoms with Crippen molar-refractivity contribution >= 4 is 49.7 Å². The van der Waals surface area contributed by atoms with E-state index < -0.39 is 12.6 Å². The molecule has 2 aromatic rings. The summed E-state index contributed by atoms with van der Waals surface area (Å²) in [5, 5.41) is 8.80. The zero-order valence-corrected chi connectivity index (χ0v) is 15.8. The van der Waals surface area contributed by atoms with Crippen molar-refractivity contribution in [1.82, 2.24) is 0 Å². The molecule has 2 aromatic carbocycles. The minimum absolute atomic E-state index is 0.412. The third-order valence-electron chi connectivity index (χ3n) is 3.07. The van der Waals surface area contributed by atoms with Crippen molar-refractivity contribution in [2.24, 2.45) is 4.99 Å². The second-order valence-corrected chi connectivity index (χ2v) is 6.81. The maximum absolute atomic E-state index is 10.7. The lowest BCUT2D eigenvalue weighted by Gasteiger charge is -2.10. The molecule has 0 atom stereocenters. The van der Waals surface area contributed by atoms with Crippen molar-refractivity contribution in [2.75, 3.05) is 6.61 Å². The summed E-state index contributed by atoms with van der Waals surface area (Å²) >= 11 is 6.80. The number of ether oxygens (including phenoxy) is 1. The molecule has 23 heavy (non-hydrogen) atoms. The van der Waals surface area contributed by atoms with Crippen LogP contribution in [0.15, 0.2) is 44.3 Å². The summed E-state index contributed by atoms with van der Waals surface area (Å²) in [7, 11) is 0. The van der Waals surface area contributed by atoms with E-state index in [1.54, 1.807) is 12.3 Å². The molecular formula is C17H15Br2NO3. The van der Waals surface area contributed by atoms with Crippen LogP contribution >= 0.6 is 31.9 Å². The van der Waals surface area contributed by atoms with Crippen LogP contribution in [-0.2, 0) is 4.79 Å². The number of carbonyl (C=O) groups is 1. The number of aliphatic carboxylic acids is 1. The van der Waals surface area contributed by atoms with Crippen molar-refractivity contribution in [3.05, 3.63) is 56.0 Å². The molecule has 0 unspecified atom stereocenters. The van der Waals surface area contributed by atoms with Crippen molar-refractivity contribution in [2.45, 2.75) is 13.8 Å². The number of carboxylic acids is 1. The van der Waals surface area contributed by atoms with Crippen LogP contribution in [0, 0.1) is 13.8 Å². The summed E-state index contributed by atoms with van der Waals surface area (Å²) in [4.78, 5) is 15.2. The molecule has 0 aromatic heterocycles. The maximum Gasteiger partial charge on any atom is 0.341 e. The fourth-order valence-electron chi connectivity index (χ4n) is 2.05. The van der Waals surface area contributed by atoms with Crippen LogP contribution in [0.5, 0.6) is 5.75 Å². The van der Waals surface area contributed by atoms with E-state index in [4.69, 9.17) is 9.84 Å². The summed E-state index contributed by atoms with van der Waals surface area (Å²) in [5.41, 5.74) is 3.80. The number of rotatable bonds is 5. The van der Waals surface area contributed by atoms with Crippen LogP contribution in [0.2, 0.25) is 0 Å². The van der Waals surface area contributed by atoms with E-state index in [2.05, 4.69) is 42.9 Å². The Kier molecular flexibility index (Phi) is 5.96. The fourth-order valence-corrected chi connectivity index (χ4v) is 3.42. The van der Waals surface area contributed by atoms with E-state index in [9.17, 15) is 4.79 Å². The van der Waals surface area contributed by atoms with Gasteiger partial charge in [0.05, 0.1) is 10.2 Å². The average molecular weight is 441 g/mol. The summed E-state index contributed by atoms with van der Waals surface area (Å²) in [6, 6.07) is 9.64. The molecule has 0 aliphatic carbocycles. The van der Waals surface area contributed by atoms with E-state index in [0.717, 1.165) is 15.7 Å². The molecule has 0 saturated carbocycles. The Hall–Kier alpha value is -1.66. The van der Waals surface area contributed by atoms with Crippen molar-refractivity contribution < 1.29 is 14.6 Å². The van der Waals surface area contributed by atoms with Gasteiger partial charge in [0.15, 0.2) is 6.61 Å². The van der Waals surface area contributed by atoms with Crippen molar-refractivity contribution in [3.63, 3.8) is 0 Å². The first-order valence-corrected chi connectivity index (χ1v) is 8.40. The van der Waals surface area contributed by atoms with Gasteiger partial charge in [0.2, 0.25) is 0 Å². The van der Waals surface area contributed by atoms with Crippen molar-refractivity contribution in [1.29, 1.82) is 0 Å². The fraction of sp³-hybridized carbons (Fsp3) is 0.176. The molecule has 0 fully saturated rings. The number of aryl methyl sites for hydroxylation is 2. The zero-order chi connectivity index (χ0) is 17.0. The van der Waals surface area contributed by atoms with E-state index in [0.29, 0.717) is 15.8 Å². The molecule has 0 heterocycles. The standard InChI is InChI=1S/C17H15Br2NO3/c1-10-3-4-15(11(2)5-10)20-8-12-6-13(18)7-14(19)17(12)23-9-16(21)22/h3-8H,9H2,1-2H3,(H,21,22). The molecule has 0 amide bonds. The Labute approximate surface area is 151 Å². The highest BCUT2D eigenvalue weighted by Crippen LogP contribution is 2.32. The number of aliphatic imine (C=N–C) groups is 1. The molecule has 0 bridgehead atoms. The number of hydrogen-bond acceptors (Lipinski definition) is 3. The molecule has 6 heteroatoms. The molecule has 0 saturated heterocycles. The number of benzene rings is 2. The van der Waals surface area contributed by atoms with E-state index in [1.165, 1.54) is 5.56 Å². The van der Waals surface area contributed by atoms with Gasteiger partial charge in [0.1, 0.15) is 5.75 Å². The molecule has 0 spiro atoms. The van der Waals surface area contributed by atoms with Crippen LogP contribution in [-0.4, -0.2) is 23.9 Å². The topological polar surface area (TPSA) is 58.9 Å². The number of halogens is 2. The van der Waals surface area contributed by atoms with Gasteiger partial charge in [-0.05, 0) is 53.5 Å². The molecule has 0 aliphatic heterocycles. The summed E-state index contributed by atoms with van der Waals surface area (Å²) in [5.74, 6) is -0.582. The highest BCUT2D eigenvalue weighted by Gasteiger charge is 2.11. The third-order valence-corrected chi connectivity index (χ3v) is 4.12. The Morgan fingerprint density at radius 2 is 2.00 bits per heavy atom. The molecule has 0 aliphatic rings. The first-order chi connectivity index (χ1) is 10.9. The predicted octanol–water partition coefficient (Wildman–Crippen LogP) is 5.04. The Balaban J connectivity index is 2.37. The molecular weight excluding hydrogens is 426 g/mol. The molecule has 0 radical (unpaired) electrons.